The molecule has 0 saturated heterocycles. The summed E-state index contributed by atoms with van der Waals surface area (Å²) in [5, 5.41) is 7.31. The first kappa shape index (κ1) is 21.4. The molecule has 0 aliphatic heterocycles. The Balaban J connectivity index is 1.87. The third-order valence-electron chi connectivity index (χ3n) is 4.20. The summed E-state index contributed by atoms with van der Waals surface area (Å²) < 4.78 is 25.5. The van der Waals surface area contributed by atoms with Gasteiger partial charge in [0.1, 0.15) is 12.4 Å². The first-order valence-corrected chi connectivity index (χ1v) is 9.71. The van der Waals surface area contributed by atoms with Gasteiger partial charge in [-0.15, -0.1) is 5.10 Å². The van der Waals surface area contributed by atoms with Crippen molar-refractivity contribution in [3.63, 3.8) is 0 Å². The van der Waals surface area contributed by atoms with Crippen molar-refractivity contribution in [2.75, 3.05) is 25.6 Å². The molecule has 8 heteroatoms. The molecular weight excluding hydrogens is 387 g/mol. The highest BCUT2D eigenvalue weighted by molar-refractivity contribution is 5.90. The Kier molecular flexibility index (Phi) is 7.13. The largest absolute Gasteiger partial charge is 0.460 e. The van der Waals surface area contributed by atoms with Crippen LogP contribution in [-0.4, -0.2) is 41.0 Å². The van der Waals surface area contributed by atoms with Gasteiger partial charge in [-0.05, 0) is 54.4 Å². The number of amides is 1. The fourth-order valence-corrected chi connectivity index (χ4v) is 2.81. The third kappa shape index (κ3) is 5.64. The Morgan fingerprint density at radius 3 is 2.43 bits per heavy atom. The number of anilines is 1. The molecule has 0 spiro atoms. The van der Waals surface area contributed by atoms with Crippen LogP contribution in [0.5, 0.6) is 6.01 Å². The Morgan fingerprint density at radius 1 is 1.10 bits per heavy atom. The number of nitrogens with zero attached hydrogens (tertiary/aromatic N) is 3. The number of rotatable bonds is 9. The molecule has 158 valence electrons. The molecule has 1 N–H and O–H groups in total. The van der Waals surface area contributed by atoms with Crippen LogP contribution in [0.3, 0.4) is 0 Å². The molecule has 1 heterocycles. The van der Waals surface area contributed by atoms with Gasteiger partial charge in [0.15, 0.2) is 5.82 Å². The van der Waals surface area contributed by atoms with Gasteiger partial charge in [-0.25, -0.2) is 9.07 Å². The third-order valence-corrected chi connectivity index (χ3v) is 4.20. The van der Waals surface area contributed by atoms with Crippen LogP contribution in [0.1, 0.15) is 20.3 Å². The van der Waals surface area contributed by atoms with Crippen molar-refractivity contribution >= 4 is 11.6 Å². The molecule has 1 aromatic heterocycles. The fraction of sp³-hybridized carbons (Fsp3) is 0.318. The standard InChI is InChI=1S/C22H25FN4O3/c1-15(2)14-20(28)24-18-8-10-19(11-9-18)27-21(16-4-6-17(23)7-5-16)25-22(26-27)30-13-12-29-3/h4-11,15H,12-14H2,1-3H3,(H,24,28). The quantitative estimate of drug-likeness (QED) is 0.536. The van der Waals surface area contributed by atoms with Crippen LogP contribution in [-0.2, 0) is 9.53 Å². The van der Waals surface area contributed by atoms with E-state index in [2.05, 4.69) is 15.4 Å². The molecule has 0 unspecified atom stereocenters. The van der Waals surface area contributed by atoms with Crippen molar-refractivity contribution < 1.29 is 18.7 Å². The summed E-state index contributed by atoms with van der Waals surface area (Å²) in [5.74, 6) is 0.440. The number of carbonyl (C=O) groups excluding carboxylic acids is 1. The van der Waals surface area contributed by atoms with Crippen LogP contribution in [0.2, 0.25) is 0 Å². The summed E-state index contributed by atoms with van der Waals surface area (Å²) in [6, 6.07) is 13.5. The second kappa shape index (κ2) is 9.98. The lowest BCUT2D eigenvalue weighted by Crippen LogP contribution is -2.13. The van der Waals surface area contributed by atoms with Gasteiger partial charge >= 0.3 is 6.01 Å². The van der Waals surface area contributed by atoms with Crippen molar-refractivity contribution in [3.05, 3.63) is 54.3 Å². The zero-order valence-electron chi connectivity index (χ0n) is 17.3. The van der Waals surface area contributed by atoms with E-state index in [4.69, 9.17) is 9.47 Å². The minimum atomic E-state index is -0.331. The molecular formula is C22H25FN4O3. The molecule has 0 fully saturated rings. The summed E-state index contributed by atoms with van der Waals surface area (Å²) in [6.07, 6.45) is 0.460. The van der Waals surface area contributed by atoms with E-state index in [1.54, 1.807) is 36.1 Å². The molecule has 3 aromatic rings. The summed E-state index contributed by atoms with van der Waals surface area (Å²) in [5.41, 5.74) is 2.12. The zero-order chi connectivity index (χ0) is 21.5. The molecule has 0 aliphatic carbocycles. The molecule has 0 atom stereocenters. The molecule has 1 amide bonds. The Morgan fingerprint density at radius 2 is 1.80 bits per heavy atom. The molecule has 0 aliphatic rings. The number of carbonyl (C=O) groups is 1. The zero-order valence-corrected chi connectivity index (χ0v) is 17.3. The van der Waals surface area contributed by atoms with Crippen LogP contribution >= 0.6 is 0 Å². The van der Waals surface area contributed by atoms with Crippen LogP contribution in [0, 0.1) is 11.7 Å². The Labute approximate surface area is 174 Å². The van der Waals surface area contributed by atoms with E-state index in [-0.39, 0.29) is 23.7 Å². The maximum atomic E-state index is 13.3. The minimum absolute atomic E-state index is 0.0284. The van der Waals surface area contributed by atoms with E-state index >= 15 is 0 Å². The van der Waals surface area contributed by atoms with Gasteiger partial charge in [0.05, 0.1) is 12.3 Å². The van der Waals surface area contributed by atoms with E-state index in [0.29, 0.717) is 36.7 Å². The predicted molar refractivity (Wildman–Crippen MR) is 112 cm³/mol. The molecule has 30 heavy (non-hydrogen) atoms. The van der Waals surface area contributed by atoms with Crippen LogP contribution in [0.15, 0.2) is 48.5 Å². The highest BCUT2D eigenvalue weighted by Crippen LogP contribution is 2.25. The monoisotopic (exact) mass is 412 g/mol. The van der Waals surface area contributed by atoms with E-state index in [1.807, 2.05) is 26.0 Å². The van der Waals surface area contributed by atoms with Gasteiger partial charge in [0, 0.05) is 24.8 Å². The average molecular weight is 412 g/mol. The minimum Gasteiger partial charge on any atom is -0.460 e. The highest BCUT2D eigenvalue weighted by atomic mass is 19.1. The van der Waals surface area contributed by atoms with E-state index < -0.39 is 0 Å². The SMILES string of the molecule is COCCOc1nc(-c2ccc(F)cc2)n(-c2ccc(NC(=O)CC(C)C)cc2)n1. The second-order valence-corrected chi connectivity index (χ2v) is 7.17. The van der Waals surface area contributed by atoms with Crippen molar-refractivity contribution in [3.8, 4) is 23.1 Å². The number of methoxy groups -OCH3 is 1. The number of benzene rings is 2. The van der Waals surface area contributed by atoms with Crippen molar-refractivity contribution in [2.24, 2.45) is 5.92 Å². The number of hydrogen-bond acceptors (Lipinski definition) is 5. The summed E-state index contributed by atoms with van der Waals surface area (Å²) in [6.45, 7) is 4.71. The van der Waals surface area contributed by atoms with E-state index in [1.165, 1.54) is 12.1 Å². The maximum absolute atomic E-state index is 13.3. The molecule has 0 bridgehead atoms. The van der Waals surface area contributed by atoms with E-state index in [0.717, 1.165) is 5.69 Å². The lowest BCUT2D eigenvalue weighted by molar-refractivity contribution is -0.116. The van der Waals surface area contributed by atoms with Crippen LogP contribution in [0.25, 0.3) is 17.1 Å². The molecule has 7 nitrogen and oxygen atoms in total. The number of halogens is 1. The number of nitrogens with one attached hydrogen (secondary N) is 1. The molecule has 3 rings (SSSR count). The van der Waals surface area contributed by atoms with Crippen molar-refractivity contribution in [2.45, 2.75) is 20.3 Å². The highest BCUT2D eigenvalue weighted by Gasteiger charge is 2.15. The number of aromatic nitrogens is 3. The van der Waals surface area contributed by atoms with Crippen LogP contribution < -0.4 is 10.1 Å². The molecule has 2 aromatic carbocycles. The Bertz CT molecular complexity index is 969. The van der Waals surface area contributed by atoms with Crippen molar-refractivity contribution in [1.82, 2.24) is 14.8 Å². The number of ether oxygens (including phenoxy) is 2. The summed E-state index contributed by atoms with van der Waals surface area (Å²) in [7, 11) is 1.58. The van der Waals surface area contributed by atoms with Gasteiger partial charge in [-0.1, -0.05) is 13.8 Å². The summed E-state index contributed by atoms with van der Waals surface area (Å²) >= 11 is 0. The smallest absolute Gasteiger partial charge is 0.336 e. The van der Waals surface area contributed by atoms with Crippen LogP contribution in [0.4, 0.5) is 10.1 Å². The Hall–Kier alpha value is -3.26. The average Bonchev–Trinajstić information content (AvgIpc) is 3.13. The van der Waals surface area contributed by atoms with Gasteiger partial charge in [-0.3, -0.25) is 4.79 Å². The lowest BCUT2D eigenvalue weighted by Gasteiger charge is -2.09. The summed E-state index contributed by atoms with van der Waals surface area (Å²) in [4.78, 5) is 16.4. The van der Waals surface area contributed by atoms with Gasteiger partial charge in [0.2, 0.25) is 5.91 Å². The maximum Gasteiger partial charge on any atom is 0.336 e. The predicted octanol–water partition coefficient (Wildman–Crippen LogP) is 4.08. The van der Waals surface area contributed by atoms with Gasteiger partial charge in [0.25, 0.3) is 0 Å². The van der Waals surface area contributed by atoms with Gasteiger partial charge in [-0.2, -0.15) is 4.98 Å². The lowest BCUT2D eigenvalue weighted by atomic mass is 10.1. The van der Waals surface area contributed by atoms with Crippen molar-refractivity contribution in [1.29, 1.82) is 0 Å². The normalized spacial score (nSPS) is 11.0. The topological polar surface area (TPSA) is 78.3 Å². The first-order valence-electron chi connectivity index (χ1n) is 9.71. The fourth-order valence-electron chi connectivity index (χ4n) is 2.81. The van der Waals surface area contributed by atoms with E-state index in [9.17, 15) is 9.18 Å². The first-order chi connectivity index (χ1) is 14.5. The number of hydrogen-bond donors (Lipinski definition) is 1. The molecule has 0 radical (unpaired) electrons. The second-order valence-electron chi connectivity index (χ2n) is 7.17. The van der Waals surface area contributed by atoms with Gasteiger partial charge < -0.3 is 14.8 Å². The molecule has 0 saturated carbocycles.